The lowest BCUT2D eigenvalue weighted by molar-refractivity contribution is -0.137. The van der Waals surface area contributed by atoms with Crippen molar-refractivity contribution in [3.05, 3.63) is 29.8 Å². The number of rotatable bonds is 1. The first-order valence-electron chi connectivity index (χ1n) is 4.88. The summed E-state index contributed by atoms with van der Waals surface area (Å²) in [4.78, 5) is 22.6. The molecule has 1 atom stereocenters. The van der Waals surface area contributed by atoms with E-state index < -0.39 is 29.6 Å². The van der Waals surface area contributed by atoms with Gasteiger partial charge in [-0.2, -0.15) is 13.2 Å². The zero-order valence-corrected chi connectivity index (χ0v) is 8.86. The van der Waals surface area contributed by atoms with E-state index in [1.165, 1.54) is 0 Å². The number of carbonyl (C=O) groups is 2. The van der Waals surface area contributed by atoms with Crippen molar-refractivity contribution in [3.8, 4) is 0 Å². The van der Waals surface area contributed by atoms with Gasteiger partial charge in [0.1, 0.15) is 0 Å². The summed E-state index contributed by atoms with van der Waals surface area (Å²) in [6.07, 6.45) is -4.45. The normalized spacial score (nSPS) is 20.2. The van der Waals surface area contributed by atoms with E-state index in [2.05, 4.69) is 5.43 Å². The Bertz CT molecular complexity index is 498. The Morgan fingerprint density at radius 1 is 1.17 bits per heavy atom. The number of amides is 2. The van der Waals surface area contributed by atoms with Crippen LogP contribution in [0.2, 0.25) is 0 Å². The molecule has 0 spiro atoms. The van der Waals surface area contributed by atoms with E-state index in [0.29, 0.717) is 0 Å². The lowest BCUT2D eigenvalue weighted by Gasteiger charge is -2.16. The molecule has 3 N–H and O–H groups in total. The largest absolute Gasteiger partial charge is 0.416 e. The molecular formula is C10H8F3N3O2. The average Bonchev–Trinajstić information content (AvgIpc) is 2.56. The van der Waals surface area contributed by atoms with E-state index >= 15 is 0 Å². The van der Waals surface area contributed by atoms with Crippen molar-refractivity contribution in [2.45, 2.75) is 12.2 Å². The number of hydrogen-bond donors (Lipinski definition) is 2. The molecule has 1 aliphatic heterocycles. The Labute approximate surface area is 99.3 Å². The molecule has 1 saturated heterocycles. The Kier molecular flexibility index (Phi) is 2.74. The molecule has 18 heavy (non-hydrogen) atoms. The molecular weight excluding hydrogens is 251 g/mol. The zero-order chi connectivity index (χ0) is 13.5. The maximum atomic E-state index is 12.3. The van der Waals surface area contributed by atoms with Crippen LogP contribution >= 0.6 is 0 Å². The molecule has 1 aromatic carbocycles. The van der Waals surface area contributed by atoms with E-state index in [1.807, 2.05) is 0 Å². The zero-order valence-electron chi connectivity index (χ0n) is 8.86. The number of hydrazine groups is 1. The smallest absolute Gasteiger partial charge is 0.312 e. The van der Waals surface area contributed by atoms with Gasteiger partial charge in [0.15, 0.2) is 6.04 Å². The topological polar surface area (TPSA) is 75.4 Å². The molecule has 0 aliphatic carbocycles. The molecule has 2 rings (SSSR count). The number of alkyl halides is 3. The van der Waals surface area contributed by atoms with Gasteiger partial charge in [0.05, 0.1) is 11.3 Å². The van der Waals surface area contributed by atoms with Crippen LogP contribution in [0.1, 0.15) is 5.56 Å². The third-order valence-corrected chi connectivity index (χ3v) is 2.44. The minimum absolute atomic E-state index is 0.120. The average molecular weight is 259 g/mol. The fourth-order valence-corrected chi connectivity index (χ4v) is 1.48. The molecule has 5 nitrogen and oxygen atoms in total. The number of nitrogens with one attached hydrogen (secondary N) is 1. The minimum atomic E-state index is -4.45. The van der Waals surface area contributed by atoms with Crippen LogP contribution in [0.4, 0.5) is 18.9 Å². The lowest BCUT2D eigenvalue weighted by atomic mass is 10.2. The van der Waals surface area contributed by atoms with Crippen molar-refractivity contribution in [2.24, 2.45) is 5.73 Å². The summed E-state index contributed by atoms with van der Waals surface area (Å²) < 4.78 is 37.0. The monoisotopic (exact) mass is 259 g/mol. The Morgan fingerprint density at radius 2 is 1.72 bits per heavy atom. The van der Waals surface area contributed by atoms with E-state index in [1.54, 1.807) is 0 Å². The molecule has 1 aliphatic rings. The van der Waals surface area contributed by atoms with E-state index in [9.17, 15) is 22.8 Å². The molecule has 0 bridgehead atoms. The van der Waals surface area contributed by atoms with Gasteiger partial charge in [0.25, 0.3) is 11.8 Å². The van der Waals surface area contributed by atoms with E-state index in [4.69, 9.17) is 5.73 Å². The van der Waals surface area contributed by atoms with Crippen molar-refractivity contribution >= 4 is 17.5 Å². The van der Waals surface area contributed by atoms with Crippen LogP contribution in [0.5, 0.6) is 0 Å². The molecule has 8 heteroatoms. The van der Waals surface area contributed by atoms with Gasteiger partial charge >= 0.3 is 6.18 Å². The predicted molar refractivity (Wildman–Crippen MR) is 55.0 cm³/mol. The van der Waals surface area contributed by atoms with Crippen molar-refractivity contribution in [1.29, 1.82) is 0 Å². The highest BCUT2D eigenvalue weighted by Gasteiger charge is 2.37. The summed E-state index contributed by atoms with van der Waals surface area (Å²) in [5.74, 6) is -1.40. The lowest BCUT2D eigenvalue weighted by Crippen LogP contribution is -2.37. The highest BCUT2D eigenvalue weighted by molar-refractivity contribution is 6.17. The van der Waals surface area contributed by atoms with Crippen LogP contribution in [-0.2, 0) is 15.8 Å². The van der Waals surface area contributed by atoms with Crippen LogP contribution in [0.3, 0.4) is 0 Å². The molecule has 1 aromatic rings. The first kappa shape index (κ1) is 12.4. The van der Waals surface area contributed by atoms with Gasteiger partial charge in [-0.15, -0.1) is 0 Å². The maximum absolute atomic E-state index is 12.3. The third kappa shape index (κ3) is 2.02. The van der Waals surface area contributed by atoms with Gasteiger partial charge in [0.2, 0.25) is 0 Å². The second kappa shape index (κ2) is 3.98. The SMILES string of the molecule is N[C@@H]1C(=O)NN(c2ccc(C(F)(F)F)cc2)C1=O. The van der Waals surface area contributed by atoms with Gasteiger partial charge in [-0.3, -0.25) is 15.0 Å². The summed E-state index contributed by atoms with van der Waals surface area (Å²) in [7, 11) is 0. The van der Waals surface area contributed by atoms with Gasteiger partial charge < -0.3 is 5.73 Å². The molecule has 96 valence electrons. The first-order valence-corrected chi connectivity index (χ1v) is 4.88. The highest BCUT2D eigenvalue weighted by Crippen LogP contribution is 2.30. The number of carbonyl (C=O) groups excluding carboxylic acids is 2. The van der Waals surface area contributed by atoms with Gasteiger partial charge in [-0.1, -0.05) is 0 Å². The molecule has 0 unspecified atom stereocenters. The number of nitrogens with zero attached hydrogens (tertiary/aromatic N) is 1. The summed E-state index contributed by atoms with van der Waals surface area (Å²) in [5.41, 5.74) is 6.71. The van der Waals surface area contributed by atoms with Crippen LogP contribution in [0.15, 0.2) is 24.3 Å². The minimum Gasteiger partial charge on any atom is -0.312 e. The second-order valence-electron chi connectivity index (χ2n) is 3.67. The first-order chi connectivity index (χ1) is 8.30. The molecule has 1 fully saturated rings. The predicted octanol–water partition coefficient (Wildman–Crippen LogP) is 0.410. The Balaban J connectivity index is 2.26. The molecule has 0 radical (unpaired) electrons. The maximum Gasteiger partial charge on any atom is 0.416 e. The Hall–Kier alpha value is -2.09. The standard InChI is InChI=1S/C10H8F3N3O2/c11-10(12,13)5-1-3-6(4-2-5)16-9(18)7(14)8(17)15-16/h1-4,7H,14H2,(H,15,17)/t7-/m1/s1. The fourth-order valence-electron chi connectivity index (χ4n) is 1.48. The molecule has 0 aromatic heterocycles. The van der Waals surface area contributed by atoms with Gasteiger partial charge in [0, 0.05) is 0 Å². The van der Waals surface area contributed by atoms with Crippen LogP contribution in [0.25, 0.3) is 0 Å². The Morgan fingerprint density at radius 3 is 2.11 bits per heavy atom. The quantitative estimate of drug-likeness (QED) is 0.717. The van der Waals surface area contributed by atoms with Gasteiger partial charge in [-0.25, -0.2) is 5.01 Å². The fraction of sp³-hybridized carbons (Fsp3) is 0.200. The number of nitrogens with two attached hydrogens (primary N) is 1. The second-order valence-corrected chi connectivity index (χ2v) is 3.67. The van der Waals surface area contributed by atoms with Crippen LogP contribution in [0, 0.1) is 0 Å². The number of halogens is 3. The summed E-state index contributed by atoms with van der Waals surface area (Å²) >= 11 is 0. The van der Waals surface area contributed by atoms with E-state index in [-0.39, 0.29) is 5.69 Å². The van der Waals surface area contributed by atoms with Crippen molar-refractivity contribution in [2.75, 3.05) is 5.01 Å². The molecule has 2 amide bonds. The third-order valence-electron chi connectivity index (χ3n) is 2.44. The van der Waals surface area contributed by atoms with E-state index in [0.717, 1.165) is 29.3 Å². The summed E-state index contributed by atoms with van der Waals surface area (Å²) in [5, 5.41) is 0.827. The summed E-state index contributed by atoms with van der Waals surface area (Å²) in [6, 6.07) is 2.47. The molecule has 1 heterocycles. The van der Waals surface area contributed by atoms with Gasteiger partial charge in [-0.05, 0) is 24.3 Å². The van der Waals surface area contributed by atoms with Crippen molar-refractivity contribution < 1.29 is 22.8 Å². The summed E-state index contributed by atoms with van der Waals surface area (Å²) in [6.45, 7) is 0. The number of benzene rings is 1. The van der Waals surface area contributed by atoms with Crippen LogP contribution < -0.4 is 16.2 Å². The van der Waals surface area contributed by atoms with Crippen molar-refractivity contribution in [1.82, 2.24) is 5.43 Å². The van der Waals surface area contributed by atoms with Crippen molar-refractivity contribution in [3.63, 3.8) is 0 Å². The molecule has 0 saturated carbocycles. The number of anilines is 1. The number of hydrogen-bond acceptors (Lipinski definition) is 3. The highest BCUT2D eigenvalue weighted by atomic mass is 19.4. The van der Waals surface area contributed by atoms with Crippen LogP contribution in [-0.4, -0.2) is 17.9 Å².